The Kier molecular flexibility index (Phi) is 40.5. The van der Waals surface area contributed by atoms with E-state index in [1.807, 2.05) is 0 Å². The van der Waals surface area contributed by atoms with Gasteiger partial charge in [-0.05, 0) is 0 Å². The number of rotatable bonds is 0. The molecule has 0 spiro atoms. The van der Waals surface area contributed by atoms with E-state index in [1.54, 1.807) is 0 Å². The van der Waals surface area contributed by atoms with Gasteiger partial charge in [0, 0.05) is 0 Å². The van der Waals surface area contributed by atoms with E-state index >= 15 is 0 Å². The van der Waals surface area contributed by atoms with Crippen LogP contribution in [0.4, 0.5) is 9.59 Å². The summed E-state index contributed by atoms with van der Waals surface area (Å²) in [5.74, 6) is 0. The SMILES string of the molecule is O=C(O)O.O=C(O)O.[Cs+].[Cs+].[H-].[H-]. The van der Waals surface area contributed by atoms with Crippen LogP contribution in [-0.4, -0.2) is 32.7 Å². The zero-order valence-corrected chi connectivity index (χ0v) is 18.2. The van der Waals surface area contributed by atoms with E-state index in [-0.39, 0.29) is 141 Å². The summed E-state index contributed by atoms with van der Waals surface area (Å²) in [6.45, 7) is 0. The Labute approximate surface area is 177 Å². The van der Waals surface area contributed by atoms with Crippen molar-refractivity contribution in [2.24, 2.45) is 0 Å². The molecule has 0 unspecified atom stereocenters. The molecule has 0 aromatic rings. The van der Waals surface area contributed by atoms with Crippen molar-refractivity contribution in [3.8, 4) is 0 Å². The summed E-state index contributed by atoms with van der Waals surface area (Å²) < 4.78 is 0. The molecular formula is C2H6Cs2O6. The van der Waals surface area contributed by atoms with Gasteiger partial charge in [-0.1, -0.05) is 0 Å². The Morgan fingerprint density at radius 2 is 0.800 bits per heavy atom. The molecule has 0 aliphatic carbocycles. The zero-order chi connectivity index (χ0) is 7.15. The van der Waals surface area contributed by atoms with Crippen LogP contribution in [0.1, 0.15) is 2.85 Å². The van der Waals surface area contributed by atoms with Gasteiger partial charge in [0.05, 0.1) is 0 Å². The summed E-state index contributed by atoms with van der Waals surface area (Å²) in [6, 6.07) is 0. The minimum atomic E-state index is -1.83. The van der Waals surface area contributed by atoms with Crippen LogP contribution >= 0.6 is 0 Å². The number of carbonyl (C=O) groups is 2. The molecule has 0 aromatic carbocycles. The second-order valence-corrected chi connectivity index (χ2v) is 0.565. The molecule has 0 aliphatic heterocycles. The first-order chi connectivity index (χ1) is 3.46. The van der Waals surface area contributed by atoms with Gasteiger partial charge >= 0.3 is 150 Å². The third-order valence-corrected chi connectivity index (χ3v) is 0. The Morgan fingerprint density at radius 3 is 0.800 bits per heavy atom. The van der Waals surface area contributed by atoms with Crippen LogP contribution in [0.3, 0.4) is 0 Å². The predicted molar refractivity (Wildman–Crippen MR) is 23.5 cm³/mol. The van der Waals surface area contributed by atoms with Gasteiger partial charge in [0.25, 0.3) is 0 Å². The maximum absolute atomic E-state index is 8.56. The summed E-state index contributed by atoms with van der Waals surface area (Å²) in [5, 5.41) is 27.9. The Balaban J connectivity index is -0.0000000112. The molecule has 0 atom stereocenters. The van der Waals surface area contributed by atoms with E-state index < -0.39 is 12.3 Å². The molecule has 0 fully saturated rings. The summed E-state index contributed by atoms with van der Waals surface area (Å²) in [5.41, 5.74) is 0. The van der Waals surface area contributed by atoms with E-state index in [9.17, 15) is 0 Å². The van der Waals surface area contributed by atoms with Crippen molar-refractivity contribution in [1.29, 1.82) is 0 Å². The second kappa shape index (κ2) is 17.7. The molecule has 0 radical (unpaired) electrons. The minimum Gasteiger partial charge on any atom is -1.00 e. The van der Waals surface area contributed by atoms with Gasteiger partial charge in [-0.3, -0.25) is 0 Å². The molecule has 0 aliphatic rings. The van der Waals surface area contributed by atoms with Gasteiger partial charge in [-0.15, -0.1) is 0 Å². The Bertz CT molecular complexity index is 79.5. The van der Waals surface area contributed by atoms with E-state index in [0.717, 1.165) is 0 Å². The molecule has 4 N–H and O–H groups in total. The first-order valence-electron chi connectivity index (χ1n) is 1.30. The predicted octanol–water partition coefficient (Wildman–Crippen LogP) is -5.32. The topological polar surface area (TPSA) is 115 Å². The second-order valence-electron chi connectivity index (χ2n) is 0.565. The maximum Gasteiger partial charge on any atom is 1.00 e. The molecule has 8 heteroatoms. The smallest absolute Gasteiger partial charge is 1.00 e. The van der Waals surface area contributed by atoms with Crippen molar-refractivity contribution >= 4 is 12.3 Å². The molecule has 0 heterocycles. The van der Waals surface area contributed by atoms with Gasteiger partial charge in [0.15, 0.2) is 0 Å². The third-order valence-electron chi connectivity index (χ3n) is 0. The molecule has 52 valence electrons. The van der Waals surface area contributed by atoms with Gasteiger partial charge < -0.3 is 23.3 Å². The van der Waals surface area contributed by atoms with Crippen LogP contribution in [0.25, 0.3) is 0 Å². The summed E-state index contributed by atoms with van der Waals surface area (Å²) in [4.78, 5) is 17.1. The molecule has 0 saturated heterocycles. The van der Waals surface area contributed by atoms with Crippen LogP contribution < -0.4 is 138 Å². The summed E-state index contributed by atoms with van der Waals surface area (Å²) in [6.07, 6.45) is -3.67. The Hall–Kier alpha value is 2.64. The number of carboxylic acid groups (broad SMARTS) is 4. The van der Waals surface area contributed by atoms with Crippen molar-refractivity contribution < 1.29 is 171 Å². The minimum absolute atomic E-state index is 0. The van der Waals surface area contributed by atoms with Crippen LogP contribution in [-0.2, 0) is 0 Å². The summed E-state index contributed by atoms with van der Waals surface area (Å²) >= 11 is 0. The normalized spacial score (nSPS) is 4.80. The molecule has 10 heavy (non-hydrogen) atoms. The van der Waals surface area contributed by atoms with Gasteiger partial charge in [-0.2, -0.15) is 0 Å². The Morgan fingerprint density at radius 1 is 0.800 bits per heavy atom. The quantitative estimate of drug-likeness (QED) is 0.328. The van der Waals surface area contributed by atoms with E-state index in [1.165, 1.54) is 0 Å². The van der Waals surface area contributed by atoms with Crippen LogP contribution in [0.2, 0.25) is 0 Å². The molecule has 0 bridgehead atoms. The van der Waals surface area contributed by atoms with Crippen LogP contribution in [0, 0.1) is 0 Å². The van der Waals surface area contributed by atoms with Crippen LogP contribution in [0.5, 0.6) is 0 Å². The third kappa shape index (κ3) is 142. The monoisotopic (exact) mass is 392 g/mol. The standard InChI is InChI=1S/2CH2O3.2Cs.2H/c2*2-1(3)4;;;;/h2*(H2,2,3,4);;;;/q;;2*+1;2*-1. The van der Waals surface area contributed by atoms with E-state index in [0.29, 0.717) is 0 Å². The maximum atomic E-state index is 8.56. The van der Waals surface area contributed by atoms with Crippen molar-refractivity contribution in [2.75, 3.05) is 0 Å². The first kappa shape index (κ1) is 22.9. The fourth-order valence-electron chi connectivity index (χ4n) is 0. The first-order valence-corrected chi connectivity index (χ1v) is 1.30. The van der Waals surface area contributed by atoms with Gasteiger partial charge in [0.1, 0.15) is 0 Å². The number of hydrogen-bond acceptors (Lipinski definition) is 2. The fourth-order valence-corrected chi connectivity index (χ4v) is 0. The molecule has 0 aromatic heterocycles. The van der Waals surface area contributed by atoms with Gasteiger partial charge in [-0.25, -0.2) is 9.59 Å². The van der Waals surface area contributed by atoms with E-state index in [2.05, 4.69) is 0 Å². The van der Waals surface area contributed by atoms with Crippen molar-refractivity contribution in [3.63, 3.8) is 0 Å². The average molecular weight is 392 g/mol. The van der Waals surface area contributed by atoms with E-state index in [4.69, 9.17) is 30.0 Å². The molecule has 0 saturated carbocycles. The van der Waals surface area contributed by atoms with Crippen molar-refractivity contribution in [1.82, 2.24) is 0 Å². The van der Waals surface area contributed by atoms with Gasteiger partial charge in [0.2, 0.25) is 0 Å². The molecule has 0 rings (SSSR count). The van der Waals surface area contributed by atoms with Crippen LogP contribution in [0.15, 0.2) is 0 Å². The van der Waals surface area contributed by atoms with Crippen molar-refractivity contribution in [2.45, 2.75) is 0 Å². The molecular weight excluding hydrogens is 386 g/mol. The van der Waals surface area contributed by atoms with Crippen molar-refractivity contribution in [3.05, 3.63) is 0 Å². The molecule has 6 nitrogen and oxygen atoms in total. The fraction of sp³-hybridized carbons (Fsp3) is 0. The molecule has 0 amide bonds. The summed E-state index contributed by atoms with van der Waals surface area (Å²) in [7, 11) is 0. The average Bonchev–Trinajstić information content (AvgIpc) is 1.25. The largest absolute Gasteiger partial charge is 1.00 e. The number of hydrogen-bond donors (Lipinski definition) is 4. The zero-order valence-electron chi connectivity index (χ0n) is 7.61.